The predicted molar refractivity (Wildman–Crippen MR) is 251 cm³/mol. The molecule has 0 saturated carbocycles. The Morgan fingerprint density at radius 3 is 1.37 bits per heavy atom. The van der Waals surface area contributed by atoms with Crippen molar-refractivity contribution in [2.24, 2.45) is 0 Å². The molecule has 0 unspecified atom stereocenters. The quantitative estimate of drug-likeness (QED) is 0.167. The van der Waals surface area contributed by atoms with Gasteiger partial charge < -0.3 is 0 Å². The summed E-state index contributed by atoms with van der Waals surface area (Å²) in [6.45, 7) is 0. The molecule has 2 aromatic heterocycles. The van der Waals surface area contributed by atoms with Crippen LogP contribution in [-0.2, 0) is 5.41 Å². The van der Waals surface area contributed by atoms with Crippen molar-refractivity contribution in [2.45, 2.75) is 5.41 Å². The Morgan fingerprint density at radius 1 is 0.333 bits per heavy atom. The maximum Gasteiger partial charge on any atom is 0.164 e. The van der Waals surface area contributed by atoms with Gasteiger partial charge in [-0.25, -0.2) is 15.0 Å². The first kappa shape index (κ1) is 36.3. The van der Waals surface area contributed by atoms with Crippen LogP contribution >= 0.6 is 0 Å². The van der Waals surface area contributed by atoms with Gasteiger partial charge in [0, 0.05) is 34.0 Å². The molecule has 63 heavy (non-hydrogen) atoms. The van der Waals surface area contributed by atoms with Crippen molar-refractivity contribution in [3.8, 4) is 96.0 Å². The minimum absolute atomic E-state index is 0.576. The van der Waals surface area contributed by atoms with Crippen LogP contribution < -0.4 is 0 Å². The second-order valence-electron chi connectivity index (χ2n) is 16.1. The molecule has 8 aromatic carbocycles. The van der Waals surface area contributed by atoms with Gasteiger partial charge in [-0.1, -0.05) is 164 Å². The minimum atomic E-state index is -0.609. The van der Waals surface area contributed by atoms with Crippen molar-refractivity contribution in [1.29, 1.82) is 5.26 Å². The number of hydrogen-bond donors (Lipinski definition) is 0. The smallest absolute Gasteiger partial charge is 0.164 e. The van der Waals surface area contributed by atoms with E-state index in [9.17, 15) is 5.26 Å². The van der Waals surface area contributed by atoms with E-state index in [1.165, 1.54) is 33.4 Å². The fourth-order valence-corrected chi connectivity index (χ4v) is 9.76. The highest BCUT2D eigenvalue weighted by molar-refractivity contribution is 5.96. The molecule has 0 bridgehead atoms. The Labute approximate surface area is 365 Å². The summed E-state index contributed by atoms with van der Waals surface area (Å²) in [5.41, 5.74) is 18.3. The van der Waals surface area contributed by atoms with Crippen LogP contribution in [0.3, 0.4) is 0 Å². The van der Waals surface area contributed by atoms with Gasteiger partial charge in [-0.05, 0) is 104 Å². The van der Waals surface area contributed by atoms with Crippen LogP contribution in [0.4, 0.5) is 0 Å². The van der Waals surface area contributed by atoms with E-state index >= 15 is 0 Å². The Kier molecular flexibility index (Phi) is 8.38. The number of hydrogen-bond acceptors (Lipinski definition) is 5. The molecule has 2 aliphatic rings. The summed E-state index contributed by atoms with van der Waals surface area (Å²) in [6.07, 6.45) is 1.96. The second kappa shape index (κ2) is 14.6. The zero-order valence-corrected chi connectivity index (χ0v) is 33.9. The van der Waals surface area contributed by atoms with E-state index in [1.54, 1.807) is 0 Å². The van der Waals surface area contributed by atoms with Gasteiger partial charge >= 0.3 is 0 Å². The molecular weight excluding hydrogens is 767 g/mol. The van der Waals surface area contributed by atoms with Crippen molar-refractivity contribution >= 4 is 0 Å². The lowest BCUT2D eigenvalue weighted by Crippen LogP contribution is -2.26. The summed E-state index contributed by atoms with van der Waals surface area (Å²) >= 11 is 0. The van der Waals surface area contributed by atoms with E-state index in [0.29, 0.717) is 23.0 Å². The van der Waals surface area contributed by atoms with Gasteiger partial charge in [-0.15, -0.1) is 0 Å². The molecule has 0 saturated heterocycles. The van der Waals surface area contributed by atoms with Crippen molar-refractivity contribution in [3.05, 3.63) is 240 Å². The molecule has 10 aromatic rings. The third-order valence-corrected chi connectivity index (χ3v) is 12.6. The molecule has 0 aliphatic heterocycles. The van der Waals surface area contributed by atoms with Gasteiger partial charge in [0.05, 0.1) is 22.7 Å². The summed E-state index contributed by atoms with van der Waals surface area (Å²) < 4.78 is 0. The molecule has 5 heteroatoms. The van der Waals surface area contributed by atoms with Gasteiger partial charge in [0.1, 0.15) is 0 Å². The third kappa shape index (κ3) is 5.84. The van der Waals surface area contributed by atoms with E-state index in [4.69, 9.17) is 19.9 Å². The highest BCUT2D eigenvalue weighted by Crippen LogP contribution is 2.63. The van der Waals surface area contributed by atoms with E-state index in [0.717, 1.165) is 61.3 Å². The van der Waals surface area contributed by atoms with Crippen LogP contribution in [0.5, 0.6) is 0 Å². The average Bonchev–Trinajstić information content (AvgIpc) is 3.83. The highest BCUT2D eigenvalue weighted by atomic mass is 15.0. The summed E-state index contributed by atoms with van der Waals surface area (Å²) in [5, 5.41) is 10.2. The van der Waals surface area contributed by atoms with Crippen LogP contribution in [-0.4, -0.2) is 19.9 Å². The molecule has 0 atom stereocenters. The Balaban J connectivity index is 1.09. The first-order chi connectivity index (χ1) is 31.2. The van der Waals surface area contributed by atoms with Crippen molar-refractivity contribution < 1.29 is 0 Å². The maximum atomic E-state index is 10.2. The average molecular weight is 802 g/mol. The normalized spacial score (nSPS) is 12.6. The zero-order valence-electron chi connectivity index (χ0n) is 33.9. The topological polar surface area (TPSA) is 75.3 Å². The largest absolute Gasteiger partial charge is 0.256 e. The van der Waals surface area contributed by atoms with Gasteiger partial charge in [-0.2, -0.15) is 5.26 Å². The first-order valence-corrected chi connectivity index (χ1v) is 21.1. The third-order valence-electron chi connectivity index (χ3n) is 12.6. The molecule has 0 fully saturated rings. The molecule has 0 amide bonds. The molecular formula is C58H35N5. The maximum absolute atomic E-state index is 10.2. The van der Waals surface area contributed by atoms with Crippen LogP contribution in [0.2, 0.25) is 0 Å². The molecule has 1 spiro atoms. The molecule has 5 nitrogen and oxygen atoms in total. The lowest BCUT2D eigenvalue weighted by atomic mass is 9.70. The first-order valence-electron chi connectivity index (χ1n) is 21.1. The van der Waals surface area contributed by atoms with Crippen molar-refractivity contribution in [1.82, 2.24) is 19.9 Å². The summed E-state index contributed by atoms with van der Waals surface area (Å²) in [6, 6.07) is 74.2. The zero-order chi connectivity index (χ0) is 41.9. The molecule has 292 valence electrons. The Morgan fingerprint density at radius 2 is 0.794 bits per heavy atom. The fourth-order valence-electron chi connectivity index (χ4n) is 9.76. The van der Waals surface area contributed by atoms with Crippen molar-refractivity contribution in [3.63, 3.8) is 0 Å². The van der Waals surface area contributed by atoms with Crippen LogP contribution in [0.25, 0.3) is 89.9 Å². The summed E-state index contributed by atoms with van der Waals surface area (Å²) in [7, 11) is 0. The minimum Gasteiger partial charge on any atom is -0.256 e. The van der Waals surface area contributed by atoms with Gasteiger partial charge in [0.25, 0.3) is 0 Å². The lowest BCUT2D eigenvalue weighted by Gasteiger charge is -2.30. The van der Waals surface area contributed by atoms with Gasteiger partial charge in [0.15, 0.2) is 17.5 Å². The Hall–Kier alpha value is -8.59. The standard InChI is InChI=1S/C58H35N5/c59-35-37-24-27-48-49-28-25-41(34-53(49)58(52(48)30-37)50-22-12-10-20-46(50)47-21-11-13-23-51(47)58)43-31-44(42-26-29-54(60-36-42)38-14-4-1-5-15-38)33-45(32-43)57-62-55(39-16-6-2-7-17-39)61-56(63-57)40-18-8-3-9-19-40/h1-34,36H. The SMILES string of the molecule is N#Cc1ccc2c(c1)C1(c3ccccc3-c3ccccc31)c1cc(-c3cc(-c4ccc(-c5ccccc5)nc4)cc(-c4nc(-c5ccccc5)nc(-c5ccccc5)n4)c3)ccc1-2. The second-order valence-corrected chi connectivity index (χ2v) is 16.1. The summed E-state index contributed by atoms with van der Waals surface area (Å²) in [4.78, 5) is 20.3. The predicted octanol–water partition coefficient (Wildman–Crippen LogP) is 13.5. The van der Waals surface area contributed by atoms with Crippen LogP contribution in [0.15, 0.2) is 212 Å². The van der Waals surface area contributed by atoms with E-state index in [2.05, 4.69) is 127 Å². The number of nitrogens with zero attached hydrogens (tertiary/aromatic N) is 5. The monoisotopic (exact) mass is 801 g/mol. The molecule has 2 aliphatic carbocycles. The molecule has 0 N–H and O–H groups in total. The number of rotatable bonds is 6. The van der Waals surface area contributed by atoms with Gasteiger partial charge in [0.2, 0.25) is 0 Å². The van der Waals surface area contributed by atoms with Crippen LogP contribution in [0.1, 0.15) is 27.8 Å². The van der Waals surface area contributed by atoms with Crippen molar-refractivity contribution in [2.75, 3.05) is 0 Å². The summed E-state index contributed by atoms with van der Waals surface area (Å²) in [5.74, 6) is 1.79. The molecule has 12 rings (SSSR count). The van der Waals surface area contributed by atoms with Gasteiger partial charge in [-0.3, -0.25) is 4.98 Å². The number of nitriles is 1. The van der Waals surface area contributed by atoms with E-state index < -0.39 is 5.41 Å². The van der Waals surface area contributed by atoms with Crippen LogP contribution in [0, 0.1) is 11.3 Å². The molecule has 2 heterocycles. The number of pyridine rings is 1. The van der Waals surface area contributed by atoms with E-state index in [-0.39, 0.29) is 0 Å². The van der Waals surface area contributed by atoms with E-state index in [1.807, 2.05) is 91.1 Å². The Bertz CT molecular complexity index is 3340. The molecule has 0 radical (unpaired) electrons. The lowest BCUT2D eigenvalue weighted by molar-refractivity contribution is 0.793. The number of fused-ring (bicyclic) bond motifs is 10. The number of aromatic nitrogens is 4. The number of benzene rings is 8. The fraction of sp³-hybridized carbons (Fsp3) is 0.0172. The highest BCUT2D eigenvalue weighted by Gasteiger charge is 2.51.